The number of rotatable bonds is 8. The van der Waals surface area contributed by atoms with Crippen molar-refractivity contribution in [1.29, 1.82) is 0 Å². The summed E-state index contributed by atoms with van der Waals surface area (Å²) in [6.07, 6.45) is 0.101. The molecule has 1 atom stereocenters. The quantitative estimate of drug-likeness (QED) is 0.461. The standard InChI is InChI=1S/C28H33N3O5/c1-6-24(27(32)30-23-12-11-18(34-4)15-25(23)35-5)36-28(33)26-19-9-7-8-10-21(19)29-22-13-14-31(17(2)3)16-20(22)26/h7-12,15,17,24H,6,13-14,16H2,1-5H3,(H,30,32). The fourth-order valence-electron chi connectivity index (χ4n) is 4.51. The lowest BCUT2D eigenvalue weighted by Gasteiger charge is -2.32. The lowest BCUT2D eigenvalue weighted by atomic mass is 9.95. The SMILES string of the molecule is CCC(OC(=O)c1c2c(nc3ccccc13)CCN(C(C)C)C2)C(=O)Nc1ccc(OC)cc1OC. The number of esters is 1. The zero-order valence-corrected chi connectivity index (χ0v) is 21.5. The van der Waals surface area contributed by atoms with Crippen molar-refractivity contribution in [3.8, 4) is 11.5 Å². The smallest absolute Gasteiger partial charge is 0.340 e. The van der Waals surface area contributed by atoms with Crippen molar-refractivity contribution >= 4 is 28.5 Å². The molecule has 0 bridgehead atoms. The van der Waals surface area contributed by atoms with E-state index < -0.39 is 18.0 Å². The number of aromatic nitrogens is 1. The van der Waals surface area contributed by atoms with Crippen LogP contribution in [0, 0.1) is 0 Å². The van der Waals surface area contributed by atoms with Gasteiger partial charge in [0.2, 0.25) is 0 Å². The second-order valence-electron chi connectivity index (χ2n) is 9.10. The van der Waals surface area contributed by atoms with Crippen LogP contribution in [0.3, 0.4) is 0 Å². The van der Waals surface area contributed by atoms with Gasteiger partial charge in [0.15, 0.2) is 6.10 Å². The molecule has 3 aromatic rings. The molecule has 190 valence electrons. The zero-order chi connectivity index (χ0) is 25.8. The van der Waals surface area contributed by atoms with Gasteiger partial charge in [0, 0.05) is 48.3 Å². The number of hydrogen-bond acceptors (Lipinski definition) is 7. The minimum Gasteiger partial charge on any atom is -0.497 e. The number of carbonyl (C=O) groups is 2. The number of carbonyl (C=O) groups excluding carboxylic acids is 2. The van der Waals surface area contributed by atoms with Crippen molar-refractivity contribution in [1.82, 2.24) is 9.88 Å². The van der Waals surface area contributed by atoms with Gasteiger partial charge in [-0.3, -0.25) is 14.7 Å². The molecule has 0 radical (unpaired) electrons. The Balaban J connectivity index is 1.63. The highest BCUT2D eigenvalue weighted by Crippen LogP contribution is 2.31. The fraction of sp³-hybridized carbons (Fsp3) is 0.393. The lowest BCUT2D eigenvalue weighted by Crippen LogP contribution is -2.38. The van der Waals surface area contributed by atoms with Crippen LogP contribution in [0.15, 0.2) is 42.5 Å². The molecule has 0 aliphatic carbocycles. The Labute approximate surface area is 211 Å². The predicted octanol–water partition coefficient (Wildman–Crippen LogP) is 4.59. The highest BCUT2D eigenvalue weighted by Gasteiger charge is 2.30. The third kappa shape index (κ3) is 5.14. The number of pyridine rings is 1. The molecule has 1 amide bonds. The molecule has 1 aliphatic heterocycles. The number of para-hydroxylation sites is 1. The molecule has 0 spiro atoms. The number of hydrogen-bond donors (Lipinski definition) is 1. The van der Waals surface area contributed by atoms with Crippen molar-refractivity contribution in [2.24, 2.45) is 0 Å². The fourth-order valence-corrected chi connectivity index (χ4v) is 4.51. The van der Waals surface area contributed by atoms with E-state index >= 15 is 0 Å². The molecule has 0 saturated carbocycles. The van der Waals surface area contributed by atoms with Gasteiger partial charge in [-0.25, -0.2) is 4.79 Å². The molecule has 0 saturated heterocycles. The molecule has 1 unspecified atom stereocenters. The molecule has 1 N–H and O–H groups in total. The van der Waals surface area contributed by atoms with Gasteiger partial charge in [-0.1, -0.05) is 25.1 Å². The molecule has 8 nitrogen and oxygen atoms in total. The predicted molar refractivity (Wildman–Crippen MR) is 139 cm³/mol. The number of nitrogens with one attached hydrogen (secondary N) is 1. The second kappa shape index (κ2) is 11.0. The van der Waals surface area contributed by atoms with E-state index in [4.69, 9.17) is 19.2 Å². The third-order valence-corrected chi connectivity index (χ3v) is 6.59. The summed E-state index contributed by atoms with van der Waals surface area (Å²) in [5.74, 6) is 0.115. The summed E-state index contributed by atoms with van der Waals surface area (Å²) >= 11 is 0. The highest BCUT2D eigenvalue weighted by molar-refractivity contribution is 6.06. The van der Waals surface area contributed by atoms with Crippen molar-refractivity contribution in [2.75, 3.05) is 26.1 Å². The topological polar surface area (TPSA) is 90.0 Å². The first-order valence-electron chi connectivity index (χ1n) is 12.2. The van der Waals surface area contributed by atoms with E-state index in [1.807, 2.05) is 31.2 Å². The van der Waals surface area contributed by atoms with Gasteiger partial charge in [0.25, 0.3) is 5.91 Å². The largest absolute Gasteiger partial charge is 0.497 e. The van der Waals surface area contributed by atoms with Crippen LogP contribution < -0.4 is 14.8 Å². The van der Waals surface area contributed by atoms with E-state index in [0.29, 0.717) is 41.8 Å². The number of anilines is 1. The summed E-state index contributed by atoms with van der Waals surface area (Å²) < 4.78 is 16.4. The Morgan fingerprint density at radius 3 is 2.58 bits per heavy atom. The van der Waals surface area contributed by atoms with Crippen LogP contribution in [0.4, 0.5) is 5.69 Å². The molecule has 0 fully saturated rings. The highest BCUT2D eigenvalue weighted by atomic mass is 16.5. The number of methoxy groups -OCH3 is 2. The Hall–Kier alpha value is -3.65. The number of benzene rings is 2. The Morgan fingerprint density at radius 2 is 1.89 bits per heavy atom. The first-order valence-corrected chi connectivity index (χ1v) is 12.2. The lowest BCUT2D eigenvalue weighted by molar-refractivity contribution is -0.124. The minimum absolute atomic E-state index is 0.319. The van der Waals surface area contributed by atoms with Crippen LogP contribution in [0.1, 0.15) is 48.8 Å². The van der Waals surface area contributed by atoms with Gasteiger partial charge in [-0.2, -0.15) is 0 Å². The second-order valence-corrected chi connectivity index (χ2v) is 9.10. The number of amides is 1. The molecule has 1 aromatic heterocycles. The monoisotopic (exact) mass is 491 g/mol. The van der Waals surface area contributed by atoms with Crippen LogP contribution in [0.2, 0.25) is 0 Å². The van der Waals surface area contributed by atoms with E-state index in [1.165, 1.54) is 7.11 Å². The Kier molecular flexibility index (Phi) is 7.74. The zero-order valence-electron chi connectivity index (χ0n) is 21.5. The van der Waals surface area contributed by atoms with Crippen molar-refractivity contribution in [3.63, 3.8) is 0 Å². The van der Waals surface area contributed by atoms with Crippen LogP contribution in [0.25, 0.3) is 10.9 Å². The van der Waals surface area contributed by atoms with Gasteiger partial charge >= 0.3 is 5.97 Å². The van der Waals surface area contributed by atoms with Gasteiger partial charge in [-0.05, 0) is 38.5 Å². The summed E-state index contributed by atoms with van der Waals surface area (Å²) in [6.45, 7) is 7.59. The summed E-state index contributed by atoms with van der Waals surface area (Å²) in [5, 5.41) is 3.56. The summed E-state index contributed by atoms with van der Waals surface area (Å²) in [7, 11) is 3.07. The maximum atomic E-state index is 13.7. The van der Waals surface area contributed by atoms with E-state index in [-0.39, 0.29) is 0 Å². The van der Waals surface area contributed by atoms with E-state index in [9.17, 15) is 9.59 Å². The van der Waals surface area contributed by atoms with E-state index in [1.54, 1.807) is 25.3 Å². The van der Waals surface area contributed by atoms with Crippen LogP contribution in [-0.4, -0.2) is 54.7 Å². The number of nitrogens with zero attached hydrogens (tertiary/aromatic N) is 2. The molecular weight excluding hydrogens is 458 g/mol. The molecule has 2 heterocycles. The number of ether oxygens (including phenoxy) is 3. The summed E-state index contributed by atoms with van der Waals surface area (Å²) in [6, 6.07) is 13.0. The first kappa shape index (κ1) is 25.4. The molecular formula is C28H33N3O5. The van der Waals surface area contributed by atoms with E-state index in [0.717, 1.165) is 35.1 Å². The Bertz CT molecular complexity index is 1270. The first-order chi connectivity index (χ1) is 17.4. The van der Waals surface area contributed by atoms with E-state index in [2.05, 4.69) is 24.1 Å². The van der Waals surface area contributed by atoms with Gasteiger partial charge < -0.3 is 19.5 Å². The van der Waals surface area contributed by atoms with Gasteiger partial charge in [0.05, 0.1) is 31.0 Å². The van der Waals surface area contributed by atoms with Crippen LogP contribution >= 0.6 is 0 Å². The molecule has 8 heteroatoms. The average molecular weight is 492 g/mol. The normalized spacial score (nSPS) is 14.3. The maximum Gasteiger partial charge on any atom is 0.340 e. The van der Waals surface area contributed by atoms with Crippen LogP contribution in [0.5, 0.6) is 11.5 Å². The average Bonchev–Trinajstić information content (AvgIpc) is 2.89. The molecule has 2 aromatic carbocycles. The number of fused-ring (bicyclic) bond motifs is 2. The van der Waals surface area contributed by atoms with Crippen molar-refractivity contribution < 1.29 is 23.8 Å². The van der Waals surface area contributed by atoms with Gasteiger partial charge in [0.1, 0.15) is 11.5 Å². The third-order valence-electron chi connectivity index (χ3n) is 6.59. The minimum atomic E-state index is -0.975. The Morgan fingerprint density at radius 1 is 1.11 bits per heavy atom. The van der Waals surface area contributed by atoms with Gasteiger partial charge in [-0.15, -0.1) is 0 Å². The van der Waals surface area contributed by atoms with Crippen LogP contribution in [-0.2, 0) is 22.5 Å². The summed E-state index contributed by atoms with van der Waals surface area (Å²) in [5.41, 5.74) is 3.51. The molecule has 1 aliphatic rings. The summed E-state index contributed by atoms with van der Waals surface area (Å²) in [4.78, 5) is 33.9. The molecule has 36 heavy (non-hydrogen) atoms. The molecule has 4 rings (SSSR count). The van der Waals surface area contributed by atoms with Crippen molar-refractivity contribution in [3.05, 3.63) is 59.3 Å². The van der Waals surface area contributed by atoms with Crippen molar-refractivity contribution in [2.45, 2.75) is 52.3 Å². The maximum absolute atomic E-state index is 13.7.